The molecule has 0 heterocycles. The van der Waals surface area contributed by atoms with Gasteiger partial charge in [0.1, 0.15) is 11.0 Å². The topological polar surface area (TPSA) is 51.2 Å². The van der Waals surface area contributed by atoms with E-state index in [1.807, 2.05) is 0 Å². The first-order chi connectivity index (χ1) is 7.26. The van der Waals surface area contributed by atoms with E-state index in [0.717, 1.165) is 0 Å². The van der Waals surface area contributed by atoms with E-state index in [4.69, 9.17) is 23.2 Å². The van der Waals surface area contributed by atoms with Gasteiger partial charge in [0.05, 0.1) is 14.9 Å². The number of carbonyl (C=O) groups excluding carboxylic acids is 1. The molecule has 88 valence electrons. The molecule has 0 aliphatic rings. The average molecular weight is 281 g/mol. The summed E-state index contributed by atoms with van der Waals surface area (Å²) in [5, 5.41) is -0.653. The molecule has 0 saturated heterocycles. The smallest absolute Gasteiger partial charge is 0.188 e. The molecule has 0 aliphatic heterocycles. The van der Waals surface area contributed by atoms with Crippen LogP contribution in [0.25, 0.3) is 0 Å². The third-order valence-electron chi connectivity index (χ3n) is 2.26. The first-order valence-corrected chi connectivity index (χ1v) is 6.76. The van der Waals surface area contributed by atoms with Gasteiger partial charge in [0, 0.05) is 0 Å². The Bertz CT molecular complexity index is 523. The average Bonchev–Trinajstić information content (AvgIpc) is 2.20. The first-order valence-electron chi connectivity index (χ1n) is 4.46. The minimum atomic E-state index is -3.67. The van der Waals surface area contributed by atoms with Gasteiger partial charge in [-0.1, -0.05) is 23.2 Å². The molecule has 0 bridgehead atoms. The Labute approximate surface area is 104 Å². The first kappa shape index (κ1) is 13.5. The number of carbonyl (C=O) groups is 1. The maximum atomic E-state index is 11.9. The molecule has 0 N–H and O–H groups in total. The molecule has 0 aliphatic carbocycles. The molecule has 1 rings (SSSR count). The number of ketones is 1. The van der Waals surface area contributed by atoms with Crippen molar-refractivity contribution in [3.8, 4) is 0 Å². The summed E-state index contributed by atoms with van der Waals surface area (Å²) in [7, 11) is -3.67. The van der Waals surface area contributed by atoms with Crippen LogP contribution in [-0.2, 0) is 14.6 Å². The summed E-state index contributed by atoms with van der Waals surface area (Å²) in [6.07, 6.45) is 0. The third kappa shape index (κ3) is 2.56. The summed E-state index contributed by atoms with van der Waals surface area (Å²) >= 11 is 11.4. The van der Waals surface area contributed by atoms with Gasteiger partial charge in [-0.05, 0) is 32.0 Å². The zero-order valence-corrected chi connectivity index (χ0v) is 11.0. The van der Waals surface area contributed by atoms with Gasteiger partial charge in [-0.3, -0.25) is 4.79 Å². The van der Waals surface area contributed by atoms with E-state index in [1.54, 1.807) is 0 Å². The molecule has 0 fully saturated rings. The van der Waals surface area contributed by atoms with Gasteiger partial charge >= 0.3 is 0 Å². The van der Waals surface area contributed by atoms with Crippen molar-refractivity contribution in [3.05, 3.63) is 28.2 Å². The molecule has 0 saturated carbocycles. The number of hydrogen-bond acceptors (Lipinski definition) is 3. The molecule has 0 spiro atoms. The lowest BCUT2D eigenvalue weighted by Gasteiger charge is -2.10. The third-order valence-corrected chi connectivity index (χ3v) is 5.17. The molecule has 0 amide bonds. The summed E-state index contributed by atoms with van der Waals surface area (Å²) in [6, 6.07) is 3.98. The van der Waals surface area contributed by atoms with Crippen LogP contribution in [0.3, 0.4) is 0 Å². The van der Waals surface area contributed by atoms with Crippen LogP contribution < -0.4 is 0 Å². The highest BCUT2D eigenvalue weighted by atomic mass is 35.5. The summed E-state index contributed by atoms with van der Waals surface area (Å²) in [5.41, 5.74) is 0. The lowest BCUT2D eigenvalue weighted by Crippen LogP contribution is -2.25. The van der Waals surface area contributed by atoms with Crippen LogP contribution in [0.2, 0.25) is 10.0 Å². The van der Waals surface area contributed by atoms with Crippen molar-refractivity contribution < 1.29 is 13.2 Å². The zero-order chi connectivity index (χ0) is 12.5. The summed E-state index contributed by atoms with van der Waals surface area (Å²) in [4.78, 5) is 11.1. The van der Waals surface area contributed by atoms with Gasteiger partial charge in [0.15, 0.2) is 9.84 Å². The number of rotatable bonds is 3. The normalized spacial score (nSPS) is 13.5. The minimum absolute atomic E-state index is 0.00426. The molecule has 3 nitrogen and oxygen atoms in total. The van der Waals surface area contributed by atoms with E-state index in [0.29, 0.717) is 0 Å². The van der Waals surface area contributed by atoms with Crippen molar-refractivity contribution in [2.45, 2.75) is 24.0 Å². The molecule has 1 unspecified atom stereocenters. The Balaban J connectivity index is 3.28. The number of sulfone groups is 1. The molecule has 1 atom stereocenters. The van der Waals surface area contributed by atoms with Crippen LogP contribution in [0, 0.1) is 0 Å². The number of benzene rings is 1. The fraction of sp³-hybridized carbons (Fsp3) is 0.300. The largest absolute Gasteiger partial charge is 0.299 e. The van der Waals surface area contributed by atoms with Crippen molar-refractivity contribution in [2.75, 3.05) is 0 Å². The predicted molar refractivity (Wildman–Crippen MR) is 63.8 cm³/mol. The van der Waals surface area contributed by atoms with E-state index in [-0.39, 0.29) is 14.9 Å². The highest BCUT2D eigenvalue weighted by Crippen LogP contribution is 2.26. The van der Waals surface area contributed by atoms with Crippen LogP contribution in [0.5, 0.6) is 0 Å². The molecular weight excluding hydrogens is 271 g/mol. The lowest BCUT2D eigenvalue weighted by atomic mass is 10.3. The zero-order valence-electron chi connectivity index (χ0n) is 8.70. The van der Waals surface area contributed by atoms with Gasteiger partial charge in [0.25, 0.3) is 0 Å². The Morgan fingerprint density at radius 1 is 1.25 bits per heavy atom. The van der Waals surface area contributed by atoms with Gasteiger partial charge in [-0.15, -0.1) is 0 Å². The van der Waals surface area contributed by atoms with E-state index >= 15 is 0 Å². The molecule has 6 heteroatoms. The van der Waals surface area contributed by atoms with Crippen molar-refractivity contribution in [3.63, 3.8) is 0 Å². The number of halogens is 2. The van der Waals surface area contributed by atoms with E-state index < -0.39 is 20.9 Å². The molecule has 1 aromatic carbocycles. The fourth-order valence-corrected chi connectivity index (χ4v) is 2.82. The van der Waals surface area contributed by atoms with Crippen LogP contribution in [0.4, 0.5) is 0 Å². The Hall–Kier alpha value is -0.580. The Morgan fingerprint density at radius 2 is 1.81 bits per heavy atom. The van der Waals surface area contributed by atoms with Crippen LogP contribution in [0.1, 0.15) is 13.8 Å². The second-order valence-corrected chi connectivity index (χ2v) is 6.46. The van der Waals surface area contributed by atoms with Crippen LogP contribution in [0.15, 0.2) is 23.1 Å². The summed E-state index contributed by atoms with van der Waals surface area (Å²) in [6.45, 7) is 2.58. The maximum absolute atomic E-state index is 11.9. The van der Waals surface area contributed by atoms with Crippen molar-refractivity contribution in [1.29, 1.82) is 0 Å². The standard InChI is InChI=1S/C10H10Cl2O3S/c1-6(13)7(2)16(14,15)8-3-4-9(11)10(12)5-8/h3-5,7H,1-2H3. The van der Waals surface area contributed by atoms with Crippen molar-refractivity contribution >= 4 is 38.8 Å². The molecule has 16 heavy (non-hydrogen) atoms. The second kappa shape index (κ2) is 4.73. The van der Waals surface area contributed by atoms with E-state index in [9.17, 15) is 13.2 Å². The predicted octanol–water partition coefficient (Wildman–Crippen LogP) is 2.74. The summed E-state index contributed by atoms with van der Waals surface area (Å²) < 4.78 is 23.8. The van der Waals surface area contributed by atoms with Crippen molar-refractivity contribution in [1.82, 2.24) is 0 Å². The monoisotopic (exact) mass is 280 g/mol. The summed E-state index contributed by atoms with van der Waals surface area (Å²) in [5.74, 6) is -0.411. The lowest BCUT2D eigenvalue weighted by molar-refractivity contribution is -0.116. The van der Waals surface area contributed by atoms with Gasteiger partial charge in [-0.2, -0.15) is 0 Å². The van der Waals surface area contributed by atoms with Crippen LogP contribution >= 0.6 is 23.2 Å². The Morgan fingerprint density at radius 3 is 2.25 bits per heavy atom. The highest BCUT2D eigenvalue weighted by molar-refractivity contribution is 7.92. The maximum Gasteiger partial charge on any atom is 0.188 e. The fourth-order valence-electron chi connectivity index (χ4n) is 1.08. The van der Waals surface area contributed by atoms with Crippen LogP contribution in [-0.4, -0.2) is 19.5 Å². The molecular formula is C10H10Cl2O3S. The number of hydrogen-bond donors (Lipinski definition) is 0. The quantitative estimate of drug-likeness (QED) is 0.856. The van der Waals surface area contributed by atoms with Crippen molar-refractivity contribution in [2.24, 2.45) is 0 Å². The molecule has 0 radical (unpaired) electrons. The van der Waals surface area contributed by atoms with Gasteiger partial charge in [-0.25, -0.2) is 8.42 Å². The SMILES string of the molecule is CC(=O)C(C)S(=O)(=O)c1ccc(Cl)c(Cl)c1. The van der Waals surface area contributed by atoms with Gasteiger partial charge in [0.2, 0.25) is 0 Å². The van der Waals surface area contributed by atoms with Gasteiger partial charge < -0.3 is 0 Å². The van der Waals surface area contributed by atoms with E-state index in [1.165, 1.54) is 32.0 Å². The minimum Gasteiger partial charge on any atom is -0.299 e. The van der Waals surface area contributed by atoms with E-state index in [2.05, 4.69) is 0 Å². The second-order valence-electron chi connectivity index (χ2n) is 3.37. The molecule has 0 aromatic heterocycles. The number of Topliss-reactive ketones (excluding diaryl/α,β-unsaturated/α-hetero) is 1. The Kier molecular flexibility index (Phi) is 3.99. The highest BCUT2D eigenvalue weighted by Gasteiger charge is 2.27. The molecule has 1 aromatic rings.